The van der Waals surface area contributed by atoms with Gasteiger partial charge in [-0.1, -0.05) is 32.6 Å². The van der Waals surface area contributed by atoms with Gasteiger partial charge in [-0.05, 0) is 63.0 Å². The van der Waals surface area contributed by atoms with Crippen LogP contribution < -0.4 is 0 Å². The summed E-state index contributed by atoms with van der Waals surface area (Å²) in [6.45, 7) is 5.00. The fourth-order valence-electron chi connectivity index (χ4n) is 4.40. The van der Waals surface area contributed by atoms with E-state index in [2.05, 4.69) is 13.8 Å². The lowest BCUT2D eigenvalue weighted by atomic mass is 9.69. The summed E-state index contributed by atoms with van der Waals surface area (Å²) in [7, 11) is 0. The molecule has 3 rings (SSSR count). The van der Waals surface area contributed by atoms with Gasteiger partial charge in [-0.3, -0.25) is 4.79 Å². The van der Waals surface area contributed by atoms with Crippen LogP contribution in [-0.4, -0.2) is 29.9 Å². The third kappa shape index (κ3) is 6.30. The van der Waals surface area contributed by atoms with Crippen molar-refractivity contribution in [3.05, 3.63) is 0 Å². The van der Waals surface area contributed by atoms with E-state index in [0.29, 0.717) is 23.9 Å². The average molecular weight is 343 g/mol. The second kappa shape index (κ2) is 10.6. The maximum atomic E-state index is 10.3. The number of fused-ring (bicyclic) bond motifs is 1. The van der Waals surface area contributed by atoms with Crippen LogP contribution in [-0.2, 0) is 14.3 Å². The molecule has 4 heteroatoms. The van der Waals surface area contributed by atoms with Gasteiger partial charge in [0.2, 0.25) is 0 Å². The van der Waals surface area contributed by atoms with Crippen molar-refractivity contribution in [2.75, 3.05) is 5.75 Å². The van der Waals surface area contributed by atoms with Crippen LogP contribution in [0.2, 0.25) is 0 Å². The van der Waals surface area contributed by atoms with E-state index in [1.165, 1.54) is 63.5 Å². The summed E-state index contributed by atoms with van der Waals surface area (Å²) >= 11 is 1.93. The first-order valence-corrected chi connectivity index (χ1v) is 10.7. The van der Waals surface area contributed by atoms with Crippen LogP contribution in [0, 0.1) is 11.8 Å². The zero-order valence-corrected chi connectivity index (χ0v) is 15.7. The van der Waals surface area contributed by atoms with Gasteiger partial charge in [-0.2, -0.15) is 0 Å². The van der Waals surface area contributed by atoms with Gasteiger partial charge in [0.1, 0.15) is 11.5 Å². The summed E-state index contributed by atoms with van der Waals surface area (Å²) in [5.41, 5.74) is 0.435. The maximum absolute atomic E-state index is 10.3. The number of ether oxygens (including phenoxy) is 2. The van der Waals surface area contributed by atoms with Gasteiger partial charge < -0.3 is 9.47 Å². The summed E-state index contributed by atoms with van der Waals surface area (Å²) in [6, 6.07) is 0. The van der Waals surface area contributed by atoms with Gasteiger partial charge in [0.15, 0.2) is 0 Å². The van der Waals surface area contributed by atoms with E-state index in [0.717, 1.165) is 12.3 Å². The quantitative estimate of drug-likeness (QED) is 0.660. The highest BCUT2D eigenvalue weighted by atomic mass is 32.2. The Morgan fingerprint density at radius 1 is 1.13 bits per heavy atom. The Morgan fingerprint density at radius 3 is 2.65 bits per heavy atom. The monoisotopic (exact) mass is 342 g/mol. The molecule has 1 heterocycles. The average Bonchev–Trinajstić information content (AvgIpc) is 2.57. The molecule has 23 heavy (non-hydrogen) atoms. The molecule has 1 aliphatic heterocycles. The minimum atomic E-state index is 0.247. The SMILES string of the molecule is CCCC1CCSC(C)O1.O=COC1CCCC2CCCCC21. The third-order valence-corrected chi connectivity index (χ3v) is 6.58. The molecular formula is C19H34O3S. The van der Waals surface area contributed by atoms with Crippen molar-refractivity contribution in [2.24, 2.45) is 11.8 Å². The van der Waals surface area contributed by atoms with Gasteiger partial charge in [0.05, 0.1) is 6.10 Å². The van der Waals surface area contributed by atoms with Crippen LogP contribution in [0.3, 0.4) is 0 Å². The highest BCUT2D eigenvalue weighted by Crippen LogP contribution is 2.41. The van der Waals surface area contributed by atoms with E-state index < -0.39 is 0 Å². The molecule has 0 spiro atoms. The van der Waals surface area contributed by atoms with Crippen LogP contribution in [0.5, 0.6) is 0 Å². The normalized spacial score (nSPS) is 37.0. The standard InChI is InChI=1S/C11H18O2.C8H16OS/c12-8-13-11-7-3-5-9-4-1-2-6-10(9)11;1-3-4-8-5-6-10-7(2)9-8/h8-11H,1-7H2;7-8H,3-6H2,1-2H3. The largest absolute Gasteiger partial charge is 0.464 e. The maximum Gasteiger partial charge on any atom is 0.293 e. The lowest BCUT2D eigenvalue weighted by molar-refractivity contribution is -0.140. The van der Waals surface area contributed by atoms with Crippen LogP contribution in [0.25, 0.3) is 0 Å². The topological polar surface area (TPSA) is 35.5 Å². The second-order valence-electron chi connectivity index (χ2n) is 7.18. The molecule has 3 nitrogen and oxygen atoms in total. The van der Waals surface area contributed by atoms with Crippen LogP contribution in [0.15, 0.2) is 0 Å². The predicted octanol–water partition coefficient (Wildman–Crippen LogP) is 5.17. The molecule has 0 bridgehead atoms. The molecule has 0 aromatic heterocycles. The summed E-state index contributed by atoms with van der Waals surface area (Å²) in [5.74, 6) is 2.83. The Balaban J connectivity index is 0.000000174. The van der Waals surface area contributed by atoms with Crippen molar-refractivity contribution in [2.45, 2.75) is 95.7 Å². The molecule has 1 saturated heterocycles. The first kappa shape index (κ1) is 19.1. The molecule has 5 unspecified atom stereocenters. The third-order valence-electron chi connectivity index (χ3n) is 5.53. The summed E-state index contributed by atoms with van der Waals surface area (Å²) in [5, 5.41) is 0. The van der Waals surface area contributed by atoms with E-state index in [-0.39, 0.29) is 6.10 Å². The molecule has 0 radical (unpaired) electrons. The van der Waals surface area contributed by atoms with E-state index in [9.17, 15) is 4.79 Å². The lowest BCUT2D eigenvalue weighted by Crippen LogP contribution is -2.36. The number of rotatable bonds is 4. The molecule has 134 valence electrons. The fourth-order valence-corrected chi connectivity index (χ4v) is 5.36. The molecule has 2 saturated carbocycles. The van der Waals surface area contributed by atoms with E-state index in [1.807, 2.05) is 11.8 Å². The molecule has 2 aliphatic carbocycles. The van der Waals surface area contributed by atoms with Crippen molar-refractivity contribution in [1.82, 2.24) is 0 Å². The summed E-state index contributed by atoms with van der Waals surface area (Å²) in [6.07, 6.45) is 13.6. The Kier molecular flexibility index (Phi) is 8.81. The van der Waals surface area contributed by atoms with E-state index in [4.69, 9.17) is 9.47 Å². The molecule has 0 amide bonds. The minimum absolute atomic E-state index is 0.247. The van der Waals surface area contributed by atoms with Gasteiger partial charge in [-0.25, -0.2) is 0 Å². The van der Waals surface area contributed by atoms with E-state index in [1.54, 1.807) is 0 Å². The number of hydrogen-bond donors (Lipinski definition) is 0. The Morgan fingerprint density at radius 2 is 1.91 bits per heavy atom. The van der Waals surface area contributed by atoms with E-state index >= 15 is 0 Å². The lowest BCUT2D eigenvalue weighted by Gasteiger charge is -2.40. The molecule has 3 fully saturated rings. The minimum Gasteiger partial charge on any atom is -0.464 e. The van der Waals surface area contributed by atoms with Crippen LogP contribution in [0.1, 0.15) is 78.1 Å². The smallest absolute Gasteiger partial charge is 0.293 e. The summed E-state index contributed by atoms with van der Waals surface area (Å²) < 4.78 is 10.9. The fraction of sp³-hybridized carbons (Fsp3) is 0.947. The van der Waals surface area contributed by atoms with Gasteiger partial charge in [0, 0.05) is 0 Å². The Bertz CT molecular complexity index is 333. The Labute approximate surface area is 146 Å². The van der Waals surface area contributed by atoms with Crippen molar-refractivity contribution in [3.8, 4) is 0 Å². The van der Waals surface area contributed by atoms with Gasteiger partial charge in [-0.15, -0.1) is 11.8 Å². The second-order valence-corrected chi connectivity index (χ2v) is 8.59. The molecule has 5 atom stereocenters. The number of hydrogen-bond acceptors (Lipinski definition) is 4. The van der Waals surface area contributed by atoms with Crippen molar-refractivity contribution < 1.29 is 14.3 Å². The molecule has 0 aromatic rings. The molecular weight excluding hydrogens is 308 g/mol. The van der Waals surface area contributed by atoms with Crippen LogP contribution >= 0.6 is 11.8 Å². The predicted molar refractivity (Wildman–Crippen MR) is 96.6 cm³/mol. The zero-order chi connectivity index (χ0) is 16.5. The highest BCUT2D eigenvalue weighted by molar-refractivity contribution is 7.99. The Hall–Kier alpha value is -0.220. The number of carbonyl (C=O) groups is 1. The summed E-state index contributed by atoms with van der Waals surface area (Å²) in [4.78, 5) is 10.3. The van der Waals surface area contributed by atoms with Crippen molar-refractivity contribution in [1.29, 1.82) is 0 Å². The zero-order valence-electron chi connectivity index (χ0n) is 14.9. The van der Waals surface area contributed by atoms with Crippen molar-refractivity contribution >= 4 is 18.2 Å². The molecule has 3 aliphatic rings. The number of thioether (sulfide) groups is 1. The van der Waals surface area contributed by atoms with Gasteiger partial charge >= 0.3 is 0 Å². The van der Waals surface area contributed by atoms with Crippen LogP contribution in [0.4, 0.5) is 0 Å². The van der Waals surface area contributed by atoms with Gasteiger partial charge in [0.25, 0.3) is 6.47 Å². The molecule has 0 N–H and O–H groups in total. The first-order valence-electron chi connectivity index (χ1n) is 9.60. The van der Waals surface area contributed by atoms with Crippen molar-refractivity contribution in [3.63, 3.8) is 0 Å². The number of carbonyl (C=O) groups excluding carboxylic acids is 1. The highest BCUT2D eigenvalue weighted by Gasteiger charge is 2.35. The molecule has 0 aromatic carbocycles. The first-order chi connectivity index (χ1) is 11.2.